The number of hydrogen-bond donors (Lipinski definition) is 0. The zero-order valence-electron chi connectivity index (χ0n) is 36.5. The first-order valence-corrected chi connectivity index (χ1v) is 22.4. The molecule has 3 aromatic heterocycles. The zero-order valence-corrected chi connectivity index (χ0v) is 36.5. The van der Waals surface area contributed by atoms with Crippen molar-refractivity contribution in [3.63, 3.8) is 0 Å². The van der Waals surface area contributed by atoms with Crippen molar-refractivity contribution in [1.29, 1.82) is 0 Å². The number of nitrogens with zero attached hydrogens (tertiary/aromatic N) is 5. The van der Waals surface area contributed by atoms with Crippen molar-refractivity contribution in [3.8, 4) is 56.7 Å². The highest BCUT2D eigenvalue weighted by Crippen LogP contribution is 2.50. The van der Waals surface area contributed by atoms with Gasteiger partial charge in [0.15, 0.2) is 11.6 Å². The molecule has 64 heavy (non-hydrogen) atoms. The van der Waals surface area contributed by atoms with Gasteiger partial charge in [0.05, 0.1) is 27.8 Å². The lowest BCUT2D eigenvalue weighted by Crippen LogP contribution is -2.35. The van der Waals surface area contributed by atoms with E-state index in [1.807, 2.05) is 12.1 Å². The second-order valence-electron chi connectivity index (χ2n) is 18.7. The summed E-state index contributed by atoms with van der Waals surface area (Å²) in [5, 5.41) is 4.81. The molecule has 0 fully saturated rings. The van der Waals surface area contributed by atoms with Crippen LogP contribution in [0.4, 0.5) is 0 Å². The molecule has 0 N–H and O–H groups in total. The lowest BCUT2D eigenvalue weighted by Gasteiger charge is -2.43. The Kier molecular flexibility index (Phi) is 8.61. The molecular weight excluding hydrogens is 779 g/mol. The summed E-state index contributed by atoms with van der Waals surface area (Å²) >= 11 is 0. The van der Waals surface area contributed by atoms with E-state index in [4.69, 9.17) is 15.0 Å². The van der Waals surface area contributed by atoms with Crippen LogP contribution >= 0.6 is 0 Å². The Morgan fingerprint density at radius 1 is 0.359 bits per heavy atom. The van der Waals surface area contributed by atoms with Crippen LogP contribution < -0.4 is 0 Å². The number of fused-ring (bicyclic) bond motifs is 8. The molecule has 1 aliphatic carbocycles. The maximum absolute atomic E-state index is 5.35. The summed E-state index contributed by atoms with van der Waals surface area (Å²) < 4.78 is 4.78. The number of hydrogen-bond acceptors (Lipinski definition) is 3. The Hall–Kier alpha value is -7.63. The highest BCUT2D eigenvalue weighted by molar-refractivity contribution is 6.28. The van der Waals surface area contributed by atoms with Gasteiger partial charge in [-0.05, 0) is 87.4 Å². The third-order valence-electron chi connectivity index (χ3n) is 13.9. The Balaban J connectivity index is 1.10. The zero-order chi connectivity index (χ0) is 43.2. The molecule has 5 nitrogen and oxygen atoms in total. The van der Waals surface area contributed by atoms with Gasteiger partial charge in [0.1, 0.15) is 0 Å². The van der Waals surface area contributed by atoms with Gasteiger partial charge < -0.3 is 4.57 Å². The maximum atomic E-state index is 5.35. The van der Waals surface area contributed by atoms with E-state index in [0.717, 1.165) is 45.1 Å². The van der Waals surface area contributed by atoms with Crippen LogP contribution in [0, 0.1) is 0 Å². The molecular formula is C59H47N5. The third-order valence-corrected chi connectivity index (χ3v) is 13.9. The van der Waals surface area contributed by atoms with Crippen molar-refractivity contribution in [2.75, 3.05) is 0 Å². The first-order valence-electron chi connectivity index (χ1n) is 22.4. The van der Waals surface area contributed by atoms with Gasteiger partial charge in [0.2, 0.25) is 5.95 Å². The van der Waals surface area contributed by atoms with E-state index < -0.39 is 0 Å². The highest BCUT2D eigenvalue weighted by atomic mass is 15.2. The SMILES string of the molecule is CC1(C)CCC(C)(C)c2c(-n3c4ccccc4c4c5c6ccccc6n(-c6nc(-c7ccc(-c8ccccc8)cc7)nc(-c7ccc(-c8ccccc8)cc7)n6)c5ccc43)cccc21. The largest absolute Gasteiger partial charge is 0.309 e. The fourth-order valence-electron chi connectivity index (χ4n) is 10.5. The van der Waals surface area contributed by atoms with Crippen LogP contribution in [0.3, 0.4) is 0 Å². The van der Waals surface area contributed by atoms with Gasteiger partial charge in [-0.15, -0.1) is 0 Å². The van der Waals surface area contributed by atoms with E-state index in [1.54, 1.807) is 0 Å². The number of benzene rings is 8. The standard InChI is InChI=1S/C59H47N5/c1-58(2)36-37-59(3,4)54-46(58)22-15-25-51(54)63-47-23-13-11-20-44(47)52-49(63)34-35-50-53(52)45-21-12-14-24-48(45)64(50)57-61-55(42-30-26-40(27-31-42)38-16-7-5-8-17-38)60-56(62-57)43-32-28-41(29-33-43)39-18-9-6-10-19-39/h5-35H,36-37H2,1-4H3. The van der Waals surface area contributed by atoms with Crippen molar-refractivity contribution in [2.45, 2.75) is 51.4 Å². The molecule has 12 rings (SSSR count). The Morgan fingerprint density at radius 3 is 1.34 bits per heavy atom. The monoisotopic (exact) mass is 825 g/mol. The Labute approximate surface area is 373 Å². The van der Waals surface area contributed by atoms with E-state index in [0.29, 0.717) is 17.6 Å². The van der Waals surface area contributed by atoms with Crippen molar-refractivity contribution in [3.05, 3.63) is 199 Å². The summed E-state index contributed by atoms with van der Waals surface area (Å²) in [6.45, 7) is 9.67. The summed E-state index contributed by atoms with van der Waals surface area (Å²) in [5.41, 5.74) is 15.3. The molecule has 308 valence electrons. The van der Waals surface area contributed by atoms with Crippen molar-refractivity contribution in [1.82, 2.24) is 24.1 Å². The minimum atomic E-state index is 0.0249. The smallest absolute Gasteiger partial charge is 0.238 e. The van der Waals surface area contributed by atoms with Crippen LogP contribution in [0.5, 0.6) is 0 Å². The molecule has 0 radical (unpaired) electrons. The Bertz CT molecular complexity index is 3480. The molecule has 0 saturated carbocycles. The predicted molar refractivity (Wildman–Crippen MR) is 266 cm³/mol. The van der Waals surface area contributed by atoms with Crippen LogP contribution in [0.2, 0.25) is 0 Å². The average molecular weight is 826 g/mol. The molecule has 0 amide bonds. The lowest BCUT2D eigenvalue weighted by atomic mass is 9.62. The summed E-state index contributed by atoms with van der Waals surface area (Å²) in [7, 11) is 0. The van der Waals surface area contributed by atoms with Gasteiger partial charge in [0, 0.05) is 32.7 Å². The molecule has 1 aliphatic rings. The van der Waals surface area contributed by atoms with Crippen molar-refractivity contribution in [2.24, 2.45) is 0 Å². The van der Waals surface area contributed by atoms with Gasteiger partial charge in [0.25, 0.3) is 0 Å². The topological polar surface area (TPSA) is 48.5 Å². The van der Waals surface area contributed by atoms with Gasteiger partial charge in [-0.3, -0.25) is 4.57 Å². The Morgan fingerprint density at radius 2 is 0.797 bits per heavy atom. The van der Waals surface area contributed by atoms with Crippen LogP contribution in [0.25, 0.3) is 100 Å². The van der Waals surface area contributed by atoms with Crippen LogP contribution in [-0.2, 0) is 10.8 Å². The van der Waals surface area contributed by atoms with Gasteiger partial charge in [-0.1, -0.05) is 185 Å². The number of rotatable bonds is 6. The maximum Gasteiger partial charge on any atom is 0.238 e. The van der Waals surface area contributed by atoms with Crippen LogP contribution in [0.1, 0.15) is 51.7 Å². The van der Waals surface area contributed by atoms with E-state index >= 15 is 0 Å². The molecule has 0 unspecified atom stereocenters. The second kappa shape index (κ2) is 14.5. The van der Waals surface area contributed by atoms with E-state index in [9.17, 15) is 0 Å². The third kappa shape index (κ3) is 6.02. The van der Waals surface area contributed by atoms with E-state index in [-0.39, 0.29) is 10.8 Å². The van der Waals surface area contributed by atoms with Crippen LogP contribution in [-0.4, -0.2) is 24.1 Å². The predicted octanol–water partition coefficient (Wildman–Crippen LogP) is 15.1. The van der Waals surface area contributed by atoms with Gasteiger partial charge in [-0.2, -0.15) is 9.97 Å². The summed E-state index contributed by atoms with van der Waals surface area (Å²) in [4.78, 5) is 15.9. The van der Waals surface area contributed by atoms with Gasteiger partial charge >= 0.3 is 0 Å². The molecule has 11 aromatic rings. The van der Waals surface area contributed by atoms with E-state index in [1.165, 1.54) is 61.6 Å². The van der Waals surface area contributed by atoms with Gasteiger partial charge in [-0.25, -0.2) is 4.98 Å². The molecule has 0 atom stereocenters. The average Bonchev–Trinajstić information content (AvgIpc) is 3.86. The normalized spacial score (nSPS) is 14.4. The fraction of sp³-hybridized carbons (Fsp3) is 0.136. The quantitative estimate of drug-likeness (QED) is 0.168. The summed E-state index contributed by atoms with van der Waals surface area (Å²) in [6.07, 6.45) is 2.31. The van der Waals surface area contributed by atoms with Crippen LogP contribution in [0.15, 0.2) is 188 Å². The molecule has 3 heterocycles. The minimum Gasteiger partial charge on any atom is -0.309 e. The molecule has 8 aromatic carbocycles. The van der Waals surface area contributed by atoms with E-state index in [2.05, 4.69) is 213 Å². The summed E-state index contributed by atoms with van der Waals surface area (Å²) in [6, 6.07) is 67.3. The minimum absolute atomic E-state index is 0.0249. The van der Waals surface area contributed by atoms with Crippen molar-refractivity contribution < 1.29 is 0 Å². The fourth-order valence-corrected chi connectivity index (χ4v) is 10.5. The first kappa shape index (κ1) is 38.1. The molecule has 0 bridgehead atoms. The number of para-hydroxylation sites is 2. The first-order chi connectivity index (χ1) is 31.2. The second-order valence-corrected chi connectivity index (χ2v) is 18.7. The number of aromatic nitrogens is 5. The molecule has 5 heteroatoms. The molecule has 0 saturated heterocycles. The van der Waals surface area contributed by atoms with Crippen molar-refractivity contribution >= 4 is 43.6 Å². The lowest BCUT2D eigenvalue weighted by molar-refractivity contribution is 0.331. The molecule has 0 aliphatic heterocycles. The molecule has 0 spiro atoms. The highest BCUT2D eigenvalue weighted by Gasteiger charge is 2.39. The summed E-state index contributed by atoms with van der Waals surface area (Å²) in [5.74, 6) is 1.82.